The Hall–Kier alpha value is -0.540. The molecule has 0 bridgehead atoms. The largest absolute Gasteiger partial charge is 0.351 e. The van der Waals surface area contributed by atoms with Gasteiger partial charge in [0.2, 0.25) is 5.91 Å². The molecule has 0 spiro atoms. The number of benzene rings is 1. The van der Waals surface area contributed by atoms with Gasteiger partial charge in [-0.1, -0.05) is 22.0 Å². The zero-order valence-electron chi connectivity index (χ0n) is 7.81. The second-order valence-electron chi connectivity index (χ2n) is 2.98. The van der Waals surface area contributed by atoms with Gasteiger partial charge in [0.15, 0.2) is 0 Å². The number of amides is 1. The number of carbonyl (C=O) groups excluding carboxylic acids is 1. The maximum absolute atomic E-state index is 10.9. The highest BCUT2D eigenvalue weighted by Gasteiger charge is 2.01. The average molecular weight is 277 g/mol. The lowest BCUT2D eigenvalue weighted by Crippen LogP contribution is -2.24. The third kappa shape index (κ3) is 3.31. The van der Waals surface area contributed by atoms with Crippen LogP contribution in [-0.4, -0.2) is 11.8 Å². The fraction of sp³-hybridized carbons (Fsp3) is 0.300. The fourth-order valence-corrected chi connectivity index (χ4v) is 1.57. The minimum atomic E-state index is -0.147. The van der Waals surface area contributed by atoms with Gasteiger partial charge in [-0.3, -0.25) is 4.79 Å². The maximum atomic E-state index is 10.9. The van der Waals surface area contributed by atoms with Gasteiger partial charge in [-0.05, 0) is 30.2 Å². The van der Waals surface area contributed by atoms with Crippen molar-refractivity contribution in [2.24, 2.45) is 0 Å². The summed E-state index contributed by atoms with van der Waals surface area (Å²) in [5.41, 5.74) is 2.25. The van der Waals surface area contributed by atoms with Gasteiger partial charge in [0.1, 0.15) is 5.88 Å². The smallest absolute Gasteiger partial charge is 0.235 e. The van der Waals surface area contributed by atoms with Crippen LogP contribution in [0.1, 0.15) is 11.1 Å². The van der Waals surface area contributed by atoms with Crippen molar-refractivity contribution >= 4 is 33.4 Å². The number of carbonyl (C=O) groups is 1. The van der Waals surface area contributed by atoms with E-state index in [9.17, 15) is 4.79 Å². The minimum absolute atomic E-state index is 0.00699. The Morgan fingerprint density at radius 2 is 2.29 bits per heavy atom. The first-order valence-corrected chi connectivity index (χ1v) is 5.54. The van der Waals surface area contributed by atoms with E-state index in [4.69, 9.17) is 11.6 Å². The van der Waals surface area contributed by atoms with Crippen LogP contribution in [0, 0.1) is 6.92 Å². The lowest BCUT2D eigenvalue weighted by Gasteiger charge is -2.07. The molecule has 0 aromatic heterocycles. The molecule has 0 unspecified atom stereocenters. The summed E-state index contributed by atoms with van der Waals surface area (Å²) in [4.78, 5) is 10.9. The Bertz CT molecular complexity index is 341. The fourth-order valence-electron chi connectivity index (χ4n) is 1.07. The van der Waals surface area contributed by atoms with Crippen LogP contribution in [0.15, 0.2) is 22.7 Å². The van der Waals surface area contributed by atoms with Gasteiger partial charge in [0.25, 0.3) is 0 Å². The molecule has 1 rings (SSSR count). The molecule has 1 aromatic carbocycles. The van der Waals surface area contributed by atoms with Crippen molar-refractivity contribution in [2.45, 2.75) is 13.5 Å². The Labute approximate surface area is 96.8 Å². The standard InChI is InChI=1S/C10H11BrClNO/c1-7-2-3-9(11)4-8(7)6-13-10(14)5-12/h2-4H,5-6H2,1H3,(H,13,14). The molecule has 14 heavy (non-hydrogen) atoms. The van der Waals surface area contributed by atoms with E-state index in [-0.39, 0.29) is 11.8 Å². The van der Waals surface area contributed by atoms with Crippen molar-refractivity contribution in [3.8, 4) is 0 Å². The molecule has 0 aliphatic rings. The highest BCUT2D eigenvalue weighted by Crippen LogP contribution is 2.15. The molecule has 4 heteroatoms. The molecule has 0 saturated carbocycles. The van der Waals surface area contributed by atoms with Crippen LogP contribution >= 0.6 is 27.5 Å². The summed E-state index contributed by atoms with van der Waals surface area (Å²) in [5, 5.41) is 2.72. The number of nitrogens with one attached hydrogen (secondary N) is 1. The Morgan fingerprint density at radius 1 is 1.57 bits per heavy atom. The quantitative estimate of drug-likeness (QED) is 0.845. The van der Waals surface area contributed by atoms with Gasteiger partial charge >= 0.3 is 0 Å². The van der Waals surface area contributed by atoms with Crippen LogP contribution in [-0.2, 0) is 11.3 Å². The van der Waals surface area contributed by atoms with E-state index in [1.807, 2.05) is 25.1 Å². The van der Waals surface area contributed by atoms with E-state index in [0.717, 1.165) is 15.6 Å². The SMILES string of the molecule is Cc1ccc(Br)cc1CNC(=O)CCl. The zero-order valence-corrected chi connectivity index (χ0v) is 10.2. The lowest BCUT2D eigenvalue weighted by atomic mass is 10.1. The molecule has 0 fully saturated rings. The first kappa shape index (κ1) is 11.5. The third-order valence-electron chi connectivity index (χ3n) is 1.91. The normalized spacial score (nSPS) is 9.93. The van der Waals surface area contributed by atoms with Crippen LogP contribution in [0.4, 0.5) is 0 Å². The van der Waals surface area contributed by atoms with Crippen molar-refractivity contribution in [1.29, 1.82) is 0 Å². The van der Waals surface area contributed by atoms with Gasteiger partial charge in [-0.15, -0.1) is 11.6 Å². The molecule has 0 radical (unpaired) electrons. The second kappa shape index (κ2) is 5.37. The number of alkyl halides is 1. The molecular weight excluding hydrogens is 265 g/mol. The number of halogens is 2. The van der Waals surface area contributed by atoms with Gasteiger partial charge in [0.05, 0.1) is 0 Å². The predicted molar refractivity (Wildman–Crippen MR) is 61.4 cm³/mol. The van der Waals surface area contributed by atoms with Crippen LogP contribution in [0.2, 0.25) is 0 Å². The van der Waals surface area contributed by atoms with Gasteiger partial charge in [0, 0.05) is 11.0 Å². The summed E-state index contributed by atoms with van der Waals surface area (Å²) in [6, 6.07) is 5.97. The summed E-state index contributed by atoms with van der Waals surface area (Å²) in [6.07, 6.45) is 0. The average Bonchev–Trinajstić information content (AvgIpc) is 2.19. The number of hydrogen-bond donors (Lipinski definition) is 1. The number of aryl methyl sites for hydroxylation is 1. The van der Waals surface area contributed by atoms with E-state index in [2.05, 4.69) is 21.2 Å². The topological polar surface area (TPSA) is 29.1 Å². The molecule has 1 N–H and O–H groups in total. The third-order valence-corrected chi connectivity index (χ3v) is 2.64. The van der Waals surface area contributed by atoms with Crippen LogP contribution in [0.5, 0.6) is 0 Å². The van der Waals surface area contributed by atoms with Gasteiger partial charge in [-0.2, -0.15) is 0 Å². The van der Waals surface area contributed by atoms with Crippen LogP contribution in [0.25, 0.3) is 0 Å². The first-order valence-electron chi connectivity index (χ1n) is 4.21. The molecule has 0 atom stereocenters. The highest BCUT2D eigenvalue weighted by molar-refractivity contribution is 9.10. The summed E-state index contributed by atoms with van der Waals surface area (Å²) in [5.74, 6) is -0.140. The van der Waals surface area contributed by atoms with Gasteiger partial charge in [-0.25, -0.2) is 0 Å². The van der Waals surface area contributed by atoms with E-state index >= 15 is 0 Å². The van der Waals surface area contributed by atoms with E-state index in [0.29, 0.717) is 6.54 Å². The Kier molecular flexibility index (Phi) is 4.42. The maximum Gasteiger partial charge on any atom is 0.235 e. The monoisotopic (exact) mass is 275 g/mol. The predicted octanol–water partition coefficient (Wildman–Crippen LogP) is 2.61. The first-order chi connectivity index (χ1) is 6.63. The molecular formula is C10H11BrClNO. The van der Waals surface area contributed by atoms with Crippen LogP contribution in [0.3, 0.4) is 0 Å². The van der Waals surface area contributed by atoms with Crippen LogP contribution < -0.4 is 5.32 Å². The summed E-state index contributed by atoms with van der Waals surface area (Å²) in [7, 11) is 0. The molecule has 0 heterocycles. The second-order valence-corrected chi connectivity index (χ2v) is 4.16. The lowest BCUT2D eigenvalue weighted by molar-refractivity contribution is -0.118. The molecule has 2 nitrogen and oxygen atoms in total. The zero-order chi connectivity index (χ0) is 10.6. The molecule has 1 aromatic rings. The van der Waals surface area contributed by atoms with Crippen molar-refractivity contribution < 1.29 is 4.79 Å². The summed E-state index contributed by atoms with van der Waals surface area (Å²) in [6.45, 7) is 2.53. The van der Waals surface area contributed by atoms with Crippen molar-refractivity contribution in [3.63, 3.8) is 0 Å². The molecule has 0 aliphatic carbocycles. The Morgan fingerprint density at radius 3 is 2.93 bits per heavy atom. The highest BCUT2D eigenvalue weighted by atomic mass is 79.9. The van der Waals surface area contributed by atoms with Crippen molar-refractivity contribution in [3.05, 3.63) is 33.8 Å². The summed E-state index contributed by atoms with van der Waals surface area (Å²) < 4.78 is 1.01. The number of hydrogen-bond acceptors (Lipinski definition) is 1. The molecule has 76 valence electrons. The Balaban J connectivity index is 2.66. The molecule has 0 aliphatic heterocycles. The van der Waals surface area contributed by atoms with E-state index in [1.54, 1.807) is 0 Å². The number of rotatable bonds is 3. The summed E-state index contributed by atoms with van der Waals surface area (Å²) >= 11 is 8.75. The molecule has 1 amide bonds. The molecule has 0 saturated heterocycles. The van der Waals surface area contributed by atoms with Crippen molar-refractivity contribution in [2.75, 3.05) is 5.88 Å². The minimum Gasteiger partial charge on any atom is -0.351 e. The van der Waals surface area contributed by atoms with E-state index < -0.39 is 0 Å². The van der Waals surface area contributed by atoms with E-state index in [1.165, 1.54) is 0 Å². The van der Waals surface area contributed by atoms with Crippen molar-refractivity contribution in [1.82, 2.24) is 5.32 Å². The van der Waals surface area contributed by atoms with Gasteiger partial charge < -0.3 is 5.32 Å².